The number of nitrogens with one attached hydrogen (secondary N) is 1. The van der Waals surface area contributed by atoms with Crippen LogP contribution in [0.3, 0.4) is 0 Å². The second-order valence-electron chi connectivity index (χ2n) is 4.24. The molecule has 1 rings (SSSR count). The lowest BCUT2D eigenvalue weighted by Gasteiger charge is -2.17. The van der Waals surface area contributed by atoms with Crippen molar-refractivity contribution in [3.05, 3.63) is 11.9 Å². The van der Waals surface area contributed by atoms with Crippen LogP contribution in [0.4, 0.5) is 5.69 Å². The molecular weight excluding hydrogens is 230 g/mol. The zero-order valence-electron chi connectivity index (χ0n) is 11.4. The van der Waals surface area contributed by atoms with Crippen LogP contribution >= 0.6 is 0 Å². The minimum atomic E-state index is -0.201. The average molecular weight is 253 g/mol. The third kappa shape index (κ3) is 4.03. The van der Waals surface area contributed by atoms with Gasteiger partial charge in [0.25, 0.3) is 5.91 Å². The van der Waals surface area contributed by atoms with Crippen LogP contribution < -0.4 is 11.1 Å². The highest BCUT2D eigenvalue weighted by Gasteiger charge is 2.13. The summed E-state index contributed by atoms with van der Waals surface area (Å²) >= 11 is 0. The summed E-state index contributed by atoms with van der Waals surface area (Å²) in [7, 11) is 1.74. The minimum Gasteiger partial charge on any atom is -0.396 e. The Balaban J connectivity index is 2.32. The van der Waals surface area contributed by atoms with E-state index in [0.29, 0.717) is 17.9 Å². The molecule has 0 aliphatic rings. The number of amides is 1. The fourth-order valence-corrected chi connectivity index (χ4v) is 1.81. The number of hydrogen-bond acceptors (Lipinski definition) is 4. The molecule has 0 saturated carbocycles. The average Bonchev–Trinajstić information content (AvgIpc) is 2.68. The molecular formula is C12H23N5O. The van der Waals surface area contributed by atoms with Crippen LogP contribution in [-0.4, -0.2) is 46.8 Å². The van der Waals surface area contributed by atoms with Gasteiger partial charge in [-0.2, -0.15) is 5.10 Å². The molecule has 102 valence electrons. The third-order valence-corrected chi connectivity index (χ3v) is 2.90. The molecule has 0 spiro atoms. The zero-order chi connectivity index (χ0) is 13.5. The van der Waals surface area contributed by atoms with Gasteiger partial charge in [-0.1, -0.05) is 13.8 Å². The number of nitrogens with two attached hydrogens (primary N) is 1. The van der Waals surface area contributed by atoms with E-state index in [1.807, 2.05) is 0 Å². The van der Waals surface area contributed by atoms with Gasteiger partial charge in [-0.05, 0) is 26.1 Å². The Bertz CT molecular complexity index is 384. The highest BCUT2D eigenvalue weighted by molar-refractivity contribution is 5.96. The van der Waals surface area contributed by atoms with Crippen LogP contribution in [0.15, 0.2) is 6.20 Å². The lowest BCUT2D eigenvalue weighted by Crippen LogP contribution is -2.30. The maximum atomic E-state index is 11.8. The summed E-state index contributed by atoms with van der Waals surface area (Å²) < 4.78 is 1.54. The van der Waals surface area contributed by atoms with Gasteiger partial charge in [0, 0.05) is 19.8 Å². The summed E-state index contributed by atoms with van der Waals surface area (Å²) in [4.78, 5) is 14.1. The maximum Gasteiger partial charge on any atom is 0.273 e. The lowest BCUT2D eigenvalue weighted by atomic mass is 10.3. The number of aromatic nitrogens is 2. The van der Waals surface area contributed by atoms with Gasteiger partial charge in [-0.15, -0.1) is 0 Å². The monoisotopic (exact) mass is 253 g/mol. The van der Waals surface area contributed by atoms with E-state index in [2.05, 4.69) is 29.2 Å². The standard InChI is InChI=1S/C12H23N5O/c1-4-17(5-2)8-6-7-14-12(18)11-10(13)9-16(3)15-11/h9H,4-8,13H2,1-3H3,(H,14,18). The number of nitrogens with zero attached hydrogens (tertiary/aromatic N) is 3. The summed E-state index contributed by atoms with van der Waals surface area (Å²) in [5, 5.41) is 6.86. The van der Waals surface area contributed by atoms with Crippen LogP contribution in [0.2, 0.25) is 0 Å². The van der Waals surface area contributed by atoms with Gasteiger partial charge >= 0.3 is 0 Å². The molecule has 18 heavy (non-hydrogen) atoms. The van der Waals surface area contributed by atoms with Gasteiger partial charge in [-0.25, -0.2) is 0 Å². The Kier molecular flexibility index (Phi) is 5.64. The number of aryl methyl sites for hydroxylation is 1. The fraction of sp³-hybridized carbons (Fsp3) is 0.667. The number of carbonyl (C=O) groups excluding carboxylic acids is 1. The van der Waals surface area contributed by atoms with Gasteiger partial charge in [0.1, 0.15) is 0 Å². The van der Waals surface area contributed by atoms with Crippen molar-refractivity contribution in [1.29, 1.82) is 0 Å². The number of rotatable bonds is 7. The Morgan fingerprint density at radius 2 is 2.17 bits per heavy atom. The van der Waals surface area contributed by atoms with Crippen LogP contribution in [-0.2, 0) is 7.05 Å². The normalized spacial score (nSPS) is 10.9. The summed E-state index contributed by atoms with van der Waals surface area (Å²) in [6.45, 7) is 7.99. The summed E-state index contributed by atoms with van der Waals surface area (Å²) in [6, 6.07) is 0. The van der Waals surface area contributed by atoms with Crippen molar-refractivity contribution in [2.45, 2.75) is 20.3 Å². The van der Waals surface area contributed by atoms with Crippen molar-refractivity contribution >= 4 is 11.6 Å². The van der Waals surface area contributed by atoms with Crippen molar-refractivity contribution in [1.82, 2.24) is 20.0 Å². The molecule has 6 heteroatoms. The molecule has 0 radical (unpaired) electrons. The van der Waals surface area contributed by atoms with E-state index in [9.17, 15) is 4.79 Å². The minimum absolute atomic E-state index is 0.201. The molecule has 3 N–H and O–H groups in total. The molecule has 0 aliphatic carbocycles. The fourth-order valence-electron chi connectivity index (χ4n) is 1.81. The molecule has 0 aliphatic heterocycles. The Labute approximate surface area is 108 Å². The summed E-state index contributed by atoms with van der Waals surface area (Å²) in [6.07, 6.45) is 2.56. The number of nitrogen functional groups attached to an aromatic ring is 1. The second-order valence-corrected chi connectivity index (χ2v) is 4.24. The van der Waals surface area contributed by atoms with E-state index < -0.39 is 0 Å². The van der Waals surface area contributed by atoms with Gasteiger partial charge in [-0.3, -0.25) is 9.48 Å². The Morgan fingerprint density at radius 3 is 2.67 bits per heavy atom. The molecule has 1 heterocycles. The first-order valence-electron chi connectivity index (χ1n) is 6.38. The molecule has 0 atom stereocenters. The van der Waals surface area contributed by atoms with Gasteiger partial charge in [0.15, 0.2) is 5.69 Å². The first-order valence-corrected chi connectivity index (χ1v) is 6.38. The van der Waals surface area contributed by atoms with Crippen molar-refractivity contribution < 1.29 is 4.79 Å². The van der Waals surface area contributed by atoms with E-state index >= 15 is 0 Å². The van der Waals surface area contributed by atoms with E-state index in [0.717, 1.165) is 26.1 Å². The van der Waals surface area contributed by atoms with Gasteiger partial charge < -0.3 is 16.0 Å². The predicted octanol–water partition coefficient (Wildman–Crippen LogP) is 0.464. The first kappa shape index (κ1) is 14.5. The van der Waals surface area contributed by atoms with E-state index in [4.69, 9.17) is 5.73 Å². The van der Waals surface area contributed by atoms with Crippen molar-refractivity contribution in [2.75, 3.05) is 31.9 Å². The quantitative estimate of drug-likeness (QED) is 0.692. The van der Waals surface area contributed by atoms with Crippen LogP contribution in [0.5, 0.6) is 0 Å². The topological polar surface area (TPSA) is 76.2 Å². The van der Waals surface area contributed by atoms with Crippen molar-refractivity contribution in [2.24, 2.45) is 7.05 Å². The molecule has 1 amide bonds. The van der Waals surface area contributed by atoms with E-state index in [1.165, 1.54) is 0 Å². The molecule has 0 fully saturated rings. The SMILES string of the molecule is CCN(CC)CCCNC(=O)c1nn(C)cc1N. The smallest absolute Gasteiger partial charge is 0.273 e. The predicted molar refractivity (Wildman–Crippen MR) is 72.4 cm³/mol. The molecule has 1 aromatic heterocycles. The van der Waals surface area contributed by atoms with Crippen molar-refractivity contribution in [3.8, 4) is 0 Å². The van der Waals surface area contributed by atoms with Crippen LogP contribution in [0.25, 0.3) is 0 Å². The van der Waals surface area contributed by atoms with E-state index in [1.54, 1.807) is 17.9 Å². The van der Waals surface area contributed by atoms with Crippen LogP contribution in [0, 0.1) is 0 Å². The van der Waals surface area contributed by atoms with Gasteiger partial charge in [0.2, 0.25) is 0 Å². The first-order chi connectivity index (χ1) is 8.58. The summed E-state index contributed by atoms with van der Waals surface area (Å²) in [5.41, 5.74) is 6.41. The van der Waals surface area contributed by atoms with Crippen LogP contribution in [0.1, 0.15) is 30.8 Å². The number of hydrogen-bond donors (Lipinski definition) is 2. The Hall–Kier alpha value is -1.56. The highest BCUT2D eigenvalue weighted by Crippen LogP contribution is 2.07. The number of anilines is 1. The lowest BCUT2D eigenvalue weighted by molar-refractivity contribution is 0.0947. The van der Waals surface area contributed by atoms with Crippen molar-refractivity contribution in [3.63, 3.8) is 0 Å². The van der Waals surface area contributed by atoms with Gasteiger partial charge in [0.05, 0.1) is 5.69 Å². The van der Waals surface area contributed by atoms with E-state index in [-0.39, 0.29) is 5.91 Å². The highest BCUT2D eigenvalue weighted by atomic mass is 16.1. The molecule has 1 aromatic rings. The zero-order valence-corrected chi connectivity index (χ0v) is 11.4. The number of carbonyl (C=O) groups is 1. The largest absolute Gasteiger partial charge is 0.396 e. The second kappa shape index (κ2) is 7.00. The summed E-state index contributed by atoms with van der Waals surface area (Å²) in [5.74, 6) is -0.201. The molecule has 0 aromatic carbocycles. The molecule has 0 unspecified atom stereocenters. The maximum absolute atomic E-state index is 11.8. The molecule has 0 saturated heterocycles. The third-order valence-electron chi connectivity index (χ3n) is 2.90. The Morgan fingerprint density at radius 1 is 1.50 bits per heavy atom. The molecule has 0 bridgehead atoms. The molecule has 6 nitrogen and oxygen atoms in total.